The molecule has 2 aromatic rings. The molecule has 0 radical (unpaired) electrons. The van der Waals surface area contributed by atoms with Crippen molar-refractivity contribution in [1.82, 2.24) is 9.80 Å². The third kappa shape index (κ3) is 6.03. The smallest absolute Gasteiger partial charge is 0.197 e. The highest BCUT2D eigenvalue weighted by atomic mass is 16.5. The average molecular weight is 515 g/mol. The van der Waals surface area contributed by atoms with Crippen LogP contribution in [0.4, 0.5) is 5.69 Å². The van der Waals surface area contributed by atoms with Gasteiger partial charge in [-0.25, -0.2) is 4.99 Å². The van der Waals surface area contributed by atoms with Gasteiger partial charge in [0.25, 0.3) is 0 Å². The molecule has 5 nitrogen and oxygen atoms in total. The zero-order chi connectivity index (χ0) is 25.7. The van der Waals surface area contributed by atoms with Crippen LogP contribution < -0.4 is 10.5 Å². The molecule has 6 rings (SSSR count). The van der Waals surface area contributed by atoms with Crippen LogP contribution in [-0.4, -0.2) is 40.9 Å². The average Bonchev–Trinajstić information content (AvgIpc) is 2.95. The molecule has 0 unspecified atom stereocenters. The van der Waals surface area contributed by atoms with Gasteiger partial charge in [-0.1, -0.05) is 50.7 Å². The summed E-state index contributed by atoms with van der Waals surface area (Å²) in [6, 6.07) is 16.2. The first-order valence-electron chi connectivity index (χ1n) is 15.5. The highest BCUT2D eigenvalue weighted by molar-refractivity contribution is 5.84. The van der Waals surface area contributed by atoms with Crippen LogP contribution in [0.15, 0.2) is 47.5 Å². The summed E-state index contributed by atoms with van der Waals surface area (Å²) in [4.78, 5) is 10.2. The second kappa shape index (κ2) is 12.1. The number of hydrogen-bond donors (Lipinski definition) is 1. The summed E-state index contributed by atoms with van der Waals surface area (Å²) in [6.07, 6.45) is 18.5. The van der Waals surface area contributed by atoms with Gasteiger partial charge in [-0.15, -0.1) is 0 Å². The first kappa shape index (κ1) is 25.7. The monoisotopic (exact) mass is 514 g/mol. The normalized spacial score (nSPS) is 24.5. The predicted octanol–water partition coefficient (Wildman–Crippen LogP) is 7.55. The molecule has 5 heteroatoms. The first-order valence-corrected chi connectivity index (χ1v) is 15.5. The van der Waals surface area contributed by atoms with Crippen LogP contribution in [0.25, 0.3) is 0 Å². The molecule has 2 aliphatic heterocycles. The second-order valence-electron chi connectivity index (χ2n) is 12.2. The molecule has 2 aromatic carbocycles. The lowest BCUT2D eigenvalue weighted by atomic mass is 9.81. The summed E-state index contributed by atoms with van der Waals surface area (Å²) in [6.45, 7) is 3.24. The fraction of sp³-hybridized carbons (Fsp3) is 0.606. The Morgan fingerprint density at radius 3 is 2.37 bits per heavy atom. The van der Waals surface area contributed by atoms with Gasteiger partial charge in [0.1, 0.15) is 11.5 Å². The number of aliphatic imine (C=N–C) groups is 1. The van der Waals surface area contributed by atoms with Gasteiger partial charge in [-0.05, 0) is 106 Å². The zero-order valence-corrected chi connectivity index (χ0v) is 23.1. The molecule has 2 heterocycles. The van der Waals surface area contributed by atoms with Crippen LogP contribution in [0.3, 0.4) is 0 Å². The number of nitrogens with zero attached hydrogens (tertiary/aromatic N) is 3. The first-order chi connectivity index (χ1) is 18.7. The van der Waals surface area contributed by atoms with Crippen molar-refractivity contribution in [2.75, 3.05) is 13.1 Å². The van der Waals surface area contributed by atoms with Crippen LogP contribution in [0.1, 0.15) is 94.6 Å². The van der Waals surface area contributed by atoms with Crippen LogP contribution in [0.2, 0.25) is 0 Å². The Balaban J connectivity index is 1.30. The van der Waals surface area contributed by atoms with E-state index in [2.05, 4.69) is 46.2 Å². The fourth-order valence-corrected chi connectivity index (χ4v) is 7.58. The van der Waals surface area contributed by atoms with Crippen molar-refractivity contribution in [3.8, 4) is 11.5 Å². The van der Waals surface area contributed by atoms with E-state index in [0.717, 1.165) is 36.2 Å². The second-order valence-corrected chi connectivity index (χ2v) is 12.2. The molecule has 204 valence electrons. The summed E-state index contributed by atoms with van der Waals surface area (Å²) in [5.41, 5.74) is 10.3. The maximum absolute atomic E-state index is 6.70. The number of nitrogens with two attached hydrogens (primary N) is 1. The van der Waals surface area contributed by atoms with E-state index in [4.69, 9.17) is 15.5 Å². The molecule has 0 saturated heterocycles. The van der Waals surface area contributed by atoms with Gasteiger partial charge in [0.15, 0.2) is 5.96 Å². The van der Waals surface area contributed by atoms with E-state index in [0.29, 0.717) is 17.9 Å². The fourth-order valence-electron chi connectivity index (χ4n) is 7.58. The topological polar surface area (TPSA) is 54.1 Å². The molecular formula is C33H46N4O. The lowest BCUT2D eigenvalue weighted by molar-refractivity contribution is 0.130. The third-order valence-electron chi connectivity index (χ3n) is 9.60. The maximum atomic E-state index is 6.70. The molecular weight excluding hydrogens is 468 g/mol. The van der Waals surface area contributed by atoms with Gasteiger partial charge >= 0.3 is 0 Å². The van der Waals surface area contributed by atoms with Crippen molar-refractivity contribution in [3.63, 3.8) is 0 Å². The highest BCUT2D eigenvalue weighted by Crippen LogP contribution is 2.37. The summed E-state index contributed by atoms with van der Waals surface area (Å²) < 4.78 is 6.38. The summed E-state index contributed by atoms with van der Waals surface area (Å²) in [5, 5.41) is 0. The Labute approximate surface area is 229 Å². The van der Waals surface area contributed by atoms with Crippen molar-refractivity contribution < 1.29 is 4.74 Å². The Morgan fingerprint density at radius 1 is 0.763 bits per heavy atom. The van der Waals surface area contributed by atoms with E-state index in [-0.39, 0.29) is 0 Å². The van der Waals surface area contributed by atoms with E-state index < -0.39 is 0 Å². The van der Waals surface area contributed by atoms with Crippen LogP contribution in [0, 0.1) is 5.92 Å². The number of benzene rings is 2. The molecule has 2 aliphatic carbocycles. The van der Waals surface area contributed by atoms with Crippen molar-refractivity contribution in [1.29, 1.82) is 0 Å². The molecule has 2 fully saturated rings. The van der Waals surface area contributed by atoms with Crippen molar-refractivity contribution in [2.45, 2.75) is 109 Å². The van der Waals surface area contributed by atoms with Gasteiger partial charge in [0.05, 0.1) is 5.69 Å². The number of rotatable bonds is 2. The molecule has 5 bridgehead atoms. The lowest BCUT2D eigenvalue weighted by Crippen LogP contribution is -2.49. The van der Waals surface area contributed by atoms with Gasteiger partial charge in [0, 0.05) is 24.2 Å². The number of aryl methyl sites for hydroxylation is 1. The van der Waals surface area contributed by atoms with Gasteiger partial charge in [0.2, 0.25) is 0 Å². The Morgan fingerprint density at radius 2 is 1.53 bits per heavy atom. The van der Waals surface area contributed by atoms with Crippen LogP contribution in [-0.2, 0) is 13.0 Å². The predicted molar refractivity (Wildman–Crippen MR) is 156 cm³/mol. The van der Waals surface area contributed by atoms with E-state index in [1.54, 1.807) is 0 Å². The van der Waals surface area contributed by atoms with Crippen LogP contribution >= 0.6 is 0 Å². The van der Waals surface area contributed by atoms with E-state index in [1.807, 2.05) is 6.07 Å². The molecule has 4 aliphatic rings. The Kier molecular flexibility index (Phi) is 8.20. The summed E-state index contributed by atoms with van der Waals surface area (Å²) >= 11 is 0. The SMILES string of the molecule is NC1=Nc2ccc3cc2CN1[C@@H](C1CCCCC1)CCCN(C1CCCCC1)CCCc1cccc(c1)O3. The maximum Gasteiger partial charge on any atom is 0.197 e. The number of hydrogen-bond acceptors (Lipinski definition) is 5. The summed E-state index contributed by atoms with van der Waals surface area (Å²) in [5.74, 6) is 3.23. The lowest BCUT2D eigenvalue weighted by Gasteiger charge is -2.42. The molecule has 0 amide bonds. The minimum absolute atomic E-state index is 0.468. The minimum atomic E-state index is 0.468. The molecule has 2 saturated carbocycles. The highest BCUT2D eigenvalue weighted by Gasteiger charge is 2.32. The van der Waals surface area contributed by atoms with Crippen molar-refractivity contribution >= 4 is 11.6 Å². The van der Waals surface area contributed by atoms with E-state index in [1.165, 1.54) is 108 Å². The van der Waals surface area contributed by atoms with Gasteiger partial charge < -0.3 is 20.3 Å². The Hall–Kier alpha value is -2.53. The van der Waals surface area contributed by atoms with E-state index in [9.17, 15) is 0 Å². The Bertz CT molecular complexity index is 1100. The minimum Gasteiger partial charge on any atom is -0.457 e. The number of fused-ring (bicyclic) bond motifs is 4. The molecule has 1 atom stereocenters. The van der Waals surface area contributed by atoms with Gasteiger partial charge in [-0.2, -0.15) is 0 Å². The molecule has 2 N–H and O–H groups in total. The van der Waals surface area contributed by atoms with Crippen LogP contribution in [0.5, 0.6) is 11.5 Å². The van der Waals surface area contributed by atoms with Crippen molar-refractivity contribution in [3.05, 3.63) is 53.6 Å². The number of ether oxygens (including phenoxy) is 1. The number of guanidine groups is 1. The third-order valence-corrected chi connectivity index (χ3v) is 9.60. The largest absolute Gasteiger partial charge is 0.457 e. The summed E-state index contributed by atoms with van der Waals surface area (Å²) in [7, 11) is 0. The zero-order valence-electron chi connectivity index (χ0n) is 23.1. The molecule has 0 spiro atoms. The van der Waals surface area contributed by atoms with Gasteiger partial charge in [-0.3, -0.25) is 0 Å². The molecule has 0 aromatic heterocycles. The van der Waals surface area contributed by atoms with E-state index >= 15 is 0 Å². The molecule has 38 heavy (non-hydrogen) atoms. The standard InChI is InChI=1S/C33H46N4O/c34-33-35-31-19-18-30-23-27(31)24-37(33)32(26-12-3-1-4-13-26)17-9-21-36(28-14-5-2-6-15-28)20-8-11-25-10-7-16-29(22-25)38-30/h7,10,16,18-19,22-23,26,28,32H,1-6,8-9,11-15,17,20-21,24H2,(H2,34,35)/t32-/m1/s1. The van der Waals surface area contributed by atoms with Crippen molar-refractivity contribution in [2.24, 2.45) is 16.6 Å². The quantitative estimate of drug-likeness (QED) is 0.449.